The van der Waals surface area contributed by atoms with Gasteiger partial charge in [-0.3, -0.25) is 4.90 Å². The molecular weight excluding hydrogens is 316 g/mol. The summed E-state index contributed by atoms with van der Waals surface area (Å²) in [7, 11) is 0. The topological polar surface area (TPSA) is 67.3 Å². The first-order valence-electron chi connectivity index (χ1n) is 8.71. The molecule has 3 aromatic rings. The molecule has 1 aliphatic rings. The number of furan rings is 1. The third-order valence-electron chi connectivity index (χ3n) is 4.77. The van der Waals surface area contributed by atoms with Gasteiger partial charge in [0.15, 0.2) is 5.82 Å². The highest BCUT2D eigenvalue weighted by Gasteiger charge is 2.28. The summed E-state index contributed by atoms with van der Waals surface area (Å²) in [5.41, 5.74) is 1.01. The molecule has 0 spiro atoms. The van der Waals surface area contributed by atoms with E-state index in [-0.39, 0.29) is 0 Å². The van der Waals surface area contributed by atoms with Crippen LogP contribution in [0.2, 0.25) is 0 Å². The number of benzene rings is 1. The third kappa shape index (κ3) is 3.65. The average Bonchev–Trinajstić information content (AvgIpc) is 3.38. The zero-order chi connectivity index (χ0) is 17.1. The number of rotatable bonds is 6. The molecule has 3 heterocycles. The van der Waals surface area contributed by atoms with Crippen molar-refractivity contribution in [3.05, 3.63) is 66.6 Å². The molecular formula is C19H22N4O2. The van der Waals surface area contributed by atoms with Crippen LogP contribution in [0.3, 0.4) is 0 Å². The van der Waals surface area contributed by atoms with E-state index >= 15 is 0 Å². The van der Waals surface area contributed by atoms with Gasteiger partial charge in [0.05, 0.1) is 18.5 Å². The van der Waals surface area contributed by atoms with Gasteiger partial charge < -0.3 is 9.52 Å². The lowest BCUT2D eigenvalue weighted by Gasteiger charge is -2.24. The van der Waals surface area contributed by atoms with Crippen LogP contribution >= 0.6 is 0 Å². The smallest absolute Gasteiger partial charge is 0.165 e. The summed E-state index contributed by atoms with van der Waals surface area (Å²) in [5, 5.41) is 14.9. The second kappa shape index (κ2) is 7.21. The van der Waals surface area contributed by atoms with Gasteiger partial charge in [-0.2, -0.15) is 0 Å². The molecule has 1 aliphatic heterocycles. The lowest BCUT2D eigenvalue weighted by atomic mass is 10.1. The van der Waals surface area contributed by atoms with Crippen LogP contribution < -0.4 is 0 Å². The standard InChI is InChI=1S/C19H22N4O2/c24-17(18-9-5-11-25-18)12-16-8-4-10-22(16)13-19-20-14-23(21-19)15-6-2-1-3-7-15/h1-3,5-7,9,11,14,16-17,24H,4,8,10,12-13H2. The zero-order valence-electron chi connectivity index (χ0n) is 14.0. The van der Waals surface area contributed by atoms with E-state index in [9.17, 15) is 5.11 Å². The Labute approximate surface area is 146 Å². The molecule has 130 valence electrons. The van der Waals surface area contributed by atoms with Gasteiger partial charge in [0.1, 0.15) is 18.2 Å². The van der Waals surface area contributed by atoms with Gasteiger partial charge in [-0.25, -0.2) is 9.67 Å². The van der Waals surface area contributed by atoms with Crippen molar-refractivity contribution in [3.63, 3.8) is 0 Å². The summed E-state index contributed by atoms with van der Waals surface area (Å²) in [6.45, 7) is 1.71. The van der Waals surface area contributed by atoms with Crippen LogP contribution in [0.15, 0.2) is 59.5 Å². The van der Waals surface area contributed by atoms with E-state index in [0.717, 1.165) is 30.9 Å². The molecule has 2 atom stereocenters. The molecule has 0 amide bonds. The fourth-order valence-electron chi connectivity index (χ4n) is 3.48. The first-order valence-corrected chi connectivity index (χ1v) is 8.71. The fourth-order valence-corrected chi connectivity index (χ4v) is 3.48. The number of likely N-dealkylation sites (tertiary alicyclic amines) is 1. The van der Waals surface area contributed by atoms with Crippen molar-refractivity contribution < 1.29 is 9.52 Å². The fraction of sp³-hybridized carbons (Fsp3) is 0.368. The molecule has 0 aliphatic carbocycles. The summed E-state index contributed by atoms with van der Waals surface area (Å²) >= 11 is 0. The quantitative estimate of drug-likeness (QED) is 0.748. The minimum atomic E-state index is -0.560. The van der Waals surface area contributed by atoms with Gasteiger partial charge in [0.2, 0.25) is 0 Å². The number of para-hydroxylation sites is 1. The Morgan fingerprint density at radius 2 is 2.08 bits per heavy atom. The highest BCUT2D eigenvalue weighted by Crippen LogP contribution is 2.28. The maximum Gasteiger partial charge on any atom is 0.165 e. The Hall–Kier alpha value is -2.44. The second-order valence-electron chi connectivity index (χ2n) is 6.47. The van der Waals surface area contributed by atoms with Crippen LogP contribution in [0.4, 0.5) is 0 Å². The van der Waals surface area contributed by atoms with Crippen LogP contribution in [0.1, 0.15) is 37.0 Å². The SMILES string of the molecule is OC(CC1CCCN1Cc1ncn(-c2ccccc2)n1)c1ccco1. The Morgan fingerprint density at radius 3 is 2.88 bits per heavy atom. The molecule has 2 aromatic heterocycles. The van der Waals surface area contributed by atoms with Gasteiger partial charge in [-0.15, -0.1) is 5.10 Å². The largest absolute Gasteiger partial charge is 0.467 e. The van der Waals surface area contributed by atoms with E-state index in [1.807, 2.05) is 42.5 Å². The zero-order valence-corrected chi connectivity index (χ0v) is 14.0. The van der Waals surface area contributed by atoms with Gasteiger partial charge in [-0.05, 0) is 50.1 Å². The first-order chi connectivity index (χ1) is 12.3. The van der Waals surface area contributed by atoms with Gasteiger partial charge in [-0.1, -0.05) is 18.2 Å². The lowest BCUT2D eigenvalue weighted by Crippen LogP contribution is -2.30. The Bertz CT molecular complexity index is 785. The predicted octanol–water partition coefficient (Wildman–Crippen LogP) is 2.95. The summed E-state index contributed by atoms with van der Waals surface area (Å²) < 4.78 is 7.12. The van der Waals surface area contributed by atoms with E-state index < -0.39 is 6.10 Å². The molecule has 6 heteroatoms. The maximum atomic E-state index is 10.4. The number of hydrogen-bond donors (Lipinski definition) is 1. The van der Waals surface area contributed by atoms with Crippen molar-refractivity contribution in [3.8, 4) is 5.69 Å². The minimum absolute atomic E-state index is 0.323. The molecule has 1 aromatic carbocycles. The summed E-state index contributed by atoms with van der Waals surface area (Å²) in [6, 6.07) is 13.9. The molecule has 0 radical (unpaired) electrons. The highest BCUT2D eigenvalue weighted by atomic mass is 16.4. The van der Waals surface area contributed by atoms with E-state index in [4.69, 9.17) is 4.42 Å². The van der Waals surface area contributed by atoms with Gasteiger partial charge >= 0.3 is 0 Å². The van der Waals surface area contributed by atoms with Crippen LogP contribution in [0.25, 0.3) is 5.69 Å². The van der Waals surface area contributed by atoms with Crippen molar-refractivity contribution in [2.24, 2.45) is 0 Å². The predicted molar refractivity (Wildman–Crippen MR) is 93.1 cm³/mol. The van der Waals surface area contributed by atoms with Gasteiger partial charge in [0.25, 0.3) is 0 Å². The summed E-state index contributed by atoms with van der Waals surface area (Å²) in [6.07, 6.45) is 5.69. The molecule has 1 saturated heterocycles. The molecule has 2 unspecified atom stereocenters. The van der Waals surface area contributed by atoms with Gasteiger partial charge in [0, 0.05) is 6.04 Å². The molecule has 1 fully saturated rings. The van der Waals surface area contributed by atoms with E-state index in [1.54, 1.807) is 17.3 Å². The van der Waals surface area contributed by atoms with Crippen LogP contribution in [-0.2, 0) is 6.54 Å². The maximum absolute atomic E-state index is 10.4. The van der Waals surface area contributed by atoms with Crippen molar-refractivity contribution in [2.45, 2.75) is 38.0 Å². The lowest BCUT2D eigenvalue weighted by molar-refractivity contribution is 0.0986. The molecule has 0 saturated carbocycles. The monoisotopic (exact) mass is 338 g/mol. The normalized spacial score (nSPS) is 19.3. The van der Waals surface area contributed by atoms with Crippen molar-refractivity contribution >= 4 is 0 Å². The van der Waals surface area contributed by atoms with Crippen LogP contribution in [-0.4, -0.2) is 37.4 Å². The molecule has 4 rings (SSSR count). The first kappa shape index (κ1) is 16.1. The molecule has 6 nitrogen and oxygen atoms in total. The van der Waals surface area contributed by atoms with E-state index in [0.29, 0.717) is 24.8 Å². The van der Waals surface area contributed by atoms with Crippen molar-refractivity contribution in [1.82, 2.24) is 19.7 Å². The molecule has 0 bridgehead atoms. The van der Waals surface area contributed by atoms with Crippen molar-refractivity contribution in [1.29, 1.82) is 0 Å². The average molecular weight is 338 g/mol. The number of aliphatic hydroxyl groups is 1. The summed E-state index contributed by atoms with van der Waals surface area (Å²) in [4.78, 5) is 6.81. The van der Waals surface area contributed by atoms with Crippen LogP contribution in [0.5, 0.6) is 0 Å². The molecule has 1 N–H and O–H groups in total. The summed E-state index contributed by atoms with van der Waals surface area (Å²) in [5.74, 6) is 1.45. The minimum Gasteiger partial charge on any atom is -0.467 e. The Morgan fingerprint density at radius 1 is 1.20 bits per heavy atom. The highest BCUT2D eigenvalue weighted by molar-refractivity contribution is 5.29. The Kier molecular flexibility index (Phi) is 4.63. The number of nitrogens with zero attached hydrogens (tertiary/aromatic N) is 4. The van der Waals surface area contributed by atoms with Crippen LogP contribution in [0, 0.1) is 0 Å². The Balaban J connectivity index is 1.41. The number of hydrogen-bond acceptors (Lipinski definition) is 5. The second-order valence-corrected chi connectivity index (χ2v) is 6.47. The van der Waals surface area contributed by atoms with E-state index in [1.165, 1.54) is 0 Å². The number of aliphatic hydroxyl groups excluding tert-OH is 1. The third-order valence-corrected chi connectivity index (χ3v) is 4.77. The molecule has 25 heavy (non-hydrogen) atoms. The number of aromatic nitrogens is 3. The van der Waals surface area contributed by atoms with Crippen molar-refractivity contribution in [2.75, 3.05) is 6.54 Å². The van der Waals surface area contributed by atoms with E-state index in [2.05, 4.69) is 15.0 Å².